The average Bonchev–Trinajstić information content (AvgIpc) is 3.19. The maximum Gasteiger partial charge on any atom is 0.253 e. The number of benzene rings is 2. The molecular formula is C21H20BrN3O2. The molecular weight excluding hydrogens is 406 g/mol. The number of aryl methyl sites for hydroxylation is 1. The molecule has 2 aromatic carbocycles. The number of amides is 1. The van der Waals surface area contributed by atoms with Gasteiger partial charge in [0.1, 0.15) is 0 Å². The molecule has 0 spiro atoms. The normalized spacial score (nSPS) is 17.1. The number of hydrogen-bond acceptors (Lipinski definition) is 4. The van der Waals surface area contributed by atoms with Gasteiger partial charge in [0.2, 0.25) is 11.7 Å². The number of rotatable bonds is 3. The quantitative estimate of drug-likeness (QED) is 0.602. The third-order valence-corrected chi connectivity index (χ3v) is 5.43. The maximum absolute atomic E-state index is 12.8. The number of carbonyl (C=O) groups is 1. The molecule has 4 rings (SSSR count). The SMILES string of the molecule is Cc1ccc(-c2noc([C@H]3CCCN(C(=O)c4ccc(Br)cc4)C3)n2)cc1. The Morgan fingerprint density at radius 3 is 2.63 bits per heavy atom. The fourth-order valence-electron chi connectivity index (χ4n) is 3.36. The Morgan fingerprint density at radius 2 is 1.89 bits per heavy atom. The van der Waals surface area contributed by atoms with Crippen LogP contribution in [-0.4, -0.2) is 34.0 Å². The summed E-state index contributed by atoms with van der Waals surface area (Å²) in [7, 11) is 0. The van der Waals surface area contributed by atoms with Crippen molar-refractivity contribution in [3.05, 3.63) is 70.0 Å². The highest BCUT2D eigenvalue weighted by Gasteiger charge is 2.29. The molecule has 1 fully saturated rings. The lowest BCUT2D eigenvalue weighted by Crippen LogP contribution is -2.39. The summed E-state index contributed by atoms with van der Waals surface area (Å²) in [6.07, 6.45) is 1.87. The molecule has 0 saturated carbocycles. The molecule has 27 heavy (non-hydrogen) atoms. The molecule has 2 heterocycles. The fraction of sp³-hybridized carbons (Fsp3) is 0.286. The van der Waals surface area contributed by atoms with Crippen molar-refractivity contribution in [3.8, 4) is 11.4 Å². The van der Waals surface area contributed by atoms with E-state index in [4.69, 9.17) is 4.52 Å². The first kappa shape index (κ1) is 17.9. The van der Waals surface area contributed by atoms with Crippen LogP contribution in [0.3, 0.4) is 0 Å². The molecule has 0 aliphatic carbocycles. The summed E-state index contributed by atoms with van der Waals surface area (Å²) >= 11 is 3.40. The average molecular weight is 426 g/mol. The topological polar surface area (TPSA) is 59.2 Å². The fourth-order valence-corrected chi connectivity index (χ4v) is 3.62. The molecule has 1 amide bonds. The smallest absolute Gasteiger partial charge is 0.253 e. The van der Waals surface area contributed by atoms with Gasteiger partial charge in [0.15, 0.2) is 0 Å². The lowest BCUT2D eigenvalue weighted by Gasteiger charge is -2.31. The zero-order valence-corrected chi connectivity index (χ0v) is 16.6. The Labute approximate surface area is 166 Å². The van der Waals surface area contributed by atoms with Gasteiger partial charge >= 0.3 is 0 Å². The zero-order valence-electron chi connectivity index (χ0n) is 15.1. The lowest BCUT2D eigenvalue weighted by atomic mass is 9.97. The van der Waals surface area contributed by atoms with Gasteiger partial charge in [-0.05, 0) is 44.0 Å². The van der Waals surface area contributed by atoms with Crippen LogP contribution < -0.4 is 0 Å². The molecule has 6 heteroatoms. The summed E-state index contributed by atoms with van der Waals surface area (Å²) in [5.74, 6) is 1.33. The van der Waals surface area contributed by atoms with Crippen molar-refractivity contribution in [2.24, 2.45) is 0 Å². The van der Waals surface area contributed by atoms with Gasteiger partial charge in [0.05, 0.1) is 5.92 Å². The first-order valence-electron chi connectivity index (χ1n) is 9.05. The van der Waals surface area contributed by atoms with Gasteiger partial charge in [-0.3, -0.25) is 4.79 Å². The number of piperidine rings is 1. The third kappa shape index (κ3) is 3.95. The predicted octanol–water partition coefficient (Wildman–Crippen LogP) is 4.83. The number of hydrogen-bond donors (Lipinski definition) is 0. The van der Waals surface area contributed by atoms with Gasteiger partial charge in [0.25, 0.3) is 5.91 Å². The highest BCUT2D eigenvalue weighted by Crippen LogP contribution is 2.28. The van der Waals surface area contributed by atoms with E-state index < -0.39 is 0 Å². The first-order valence-corrected chi connectivity index (χ1v) is 9.85. The summed E-state index contributed by atoms with van der Waals surface area (Å²) in [5.41, 5.74) is 2.83. The molecule has 1 atom stereocenters. The van der Waals surface area contributed by atoms with Crippen LogP contribution in [-0.2, 0) is 0 Å². The van der Waals surface area contributed by atoms with Gasteiger partial charge in [-0.25, -0.2) is 0 Å². The van der Waals surface area contributed by atoms with Gasteiger partial charge < -0.3 is 9.42 Å². The number of likely N-dealkylation sites (tertiary alicyclic amines) is 1. The van der Waals surface area contributed by atoms with Crippen molar-refractivity contribution in [1.82, 2.24) is 15.0 Å². The maximum atomic E-state index is 12.8. The Bertz CT molecular complexity index is 935. The van der Waals surface area contributed by atoms with E-state index in [1.807, 2.05) is 60.4 Å². The van der Waals surface area contributed by atoms with Crippen molar-refractivity contribution in [2.75, 3.05) is 13.1 Å². The zero-order chi connectivity index (χ0) is 18.8. The highest BCUT2D eigenvalue weighted by molar-refractivity contribution is 9.10. The summed E-state index contributed by atoms with van der Waals surface area (Å²) in [5, 5.41) is 4.13. The first-order chi connectivity index (χ1) is 13.1. The van der Waals surface area contributed by atoms with E-state index in [1.165, 1.54) is 5.56 Å². The number of carbonyl (C=O) groups excluding carboxylic acids is 1. The van der Waals surface area contributed by atoms with Gasteiger partial charge in [-0.15, -0.1) is 0 Å². The van der Waals surface area contributed by atoms with E-state index >= 15 is 0 Å². The van der Waals surface area contributed by atoms with Crippen LogP contribution in [0.2, 0.25) is 0 Å². The molecule has 1 aliphatic heterocycles. The van der Waals surface area contributed by atoms with Crippen molar-refractivity contribution in [3.63, 3.8) is 0 Å². The third-order valence-electron chi connectivity index (χ3n) is 4.90. The van der Waals surface area contributed by atoms with Gasteiger partial charge in [-0.2, -0.15) is 4.98 Å². The Balaban J connectivity index is 1.49. The minimum atomic E-state index is 0.0467. The Morgan fingerprint density at radius 1 is 1.15 bits per heavy atom. The van der Waals surface area contributed by atoms with Crippen LogP contribution in [0.1, 0.15) is 40.6 Å². The van der Waals surface area contributed by atoms with E-state index in [0.29, 0.717) is 23.8 Å². The van der Waals surface area contributed by atoms with Gasteiger partial charge in [-0.1, -0.05) is 50.9 Å². The Kier molecular flexibility index (Phi) is 5.07. The van der Waals surface area contributed by atoms with Crippen LogP contribution in [0, 0.1) is 6.92 Å². The van der Waals surface area contributed by atoms with Crippen molar-refractivity contribution in [1.29, 1.82) is 0 Å². The highest BCUT2D eigenvalue weighted by atomic mass is 79.9. The summed E-state index contributed by atoms with van der Waals surface area (Å²) < 4.78 is 6.50. The molecule has 3 aromatic rings. The van der Waals surface area contributed by atoms with Crippen LogP contribution in [0.25, 0.3) is 11.4 Å². The predicted molar refractivity (Wildman–Crippen MR) is 106 cm³/mol. The van der Waals surface area contributed by atoms with Crippen molar-refractivity contribution in [2.45, 2.75) is 25.7 Å². The van der Waals surface area contributed by atoms with E-state index in [2.05, 4.69) is 26.1 Å². The standard InChI is InChI=1S/C21H20BrN3O2/c1-14-4-6-15(7-5-14)19-23-20(27-24-19)17-3-2-12-25(13-17)21(26)16-8-10-18(22)11-9-16/h4-11,17H,2-3,12-13H2,1H3/t17-/m0/s1. The second kappa shape index (κ2) is 7.64. The van der Waals surface area contributed by atoms with E-state index in [1.54, 1.807) is 0 Å². The minimum Gasteiger partial charge on any atom is -0.339 e. The molecule has 5 nitrogen and oxygen atoms in total. The van der Waals surface area contributed by atoms with Crippen molar-refractivity contribution >= 4 is 21.8 Å². The number of nitrogens with zero attached hydrogens (tertiary/aromatic N) is 3. The summed E-state index contributed by atoms with van der Waals surface area (Å²) in [6.45, 7) is 3.40. The van der Waals surface area contributed by atoms with E-state index in [-0.39, 0.29) is 11.8 Å². The molecule has 0 radical (unpaired) electrons. The molecule has 1 aromatic heterocycles. The van der Waals surface area contributed by atoms with E-state index in [0.717, 1.165) is 29.4 Å². The monoisotopic (exact) mass is 425 g/mol. The second-order valence-electron chi connectivity index (χ2n) is 6.92. The van der Waals surface area contributed by atoms with Crippen molar-refractivity contribution < 1.29 is 9.32 Å². The van der Waals surface area contributed by atoms with Gasteiger partial charge in [0, 0.05) is 28.7 Å². The molecule has 0 N–H and O–H groups in total. The molecule has 138 valence electrons. The molecule has 0 bridgehead atoms. The molecule has 1 aliphatic rings. The van der Waals surface area contributed by atoms with Crippen LogP contribution in [0.5, 0.6) is 0 Å². The largest absolute Gasteiger partial charge is 0.339 e. The summed E-state index contributed by atoms with van der Waals surface area (Å²) in [4.78, 5) is 19.3. The number of halogens is 1. The van der Waals surface area contributed by atoms with Crippen LogP contribution >= 0.6 is 15.9 Å². The van der Waals surface area contributed by atoms with Crippen LogP contribution in [0.4, 0.5) is 0 Å². The van der Waals surface area contributed by atoms with E-state index in [9.17, 15) is 4.79 Å². The lowest BCUT2D eigenvalue weighted by molar-refractivity contribution is 0.0695. The minimum absolute atomic E-state index is 0.0467. The summed E-state index contributed by atoms with van der Waals surface area (Å²) in [6, 6.07) is 15.5. The van der Waals surface area contributed by atoms with Crippen LogP contribution in [0.15, 0.2) is 57.5 Å². The second-order valence-corrected chi connectivity index (χ2v) is 7.84. The molecule has 1 saturated heterocycles. The Hall–Kier alpha value is -2.47. The molecule has 0 unspecified atom stereocenters. The number of aromatic nitrogens is 2.